The number of anilines is 2. The van der Waals surface area contributed by atoms with Gasteiger partial charge < -0.3 is 37.0 Å². The molecule has 12 nitrogen and oxygen atoms in total. The Morgan fingerprint density at radius 1 is 1.04 bits per heavy atom. The maximum atomic E-state index is 13.1. The first kappa shape index (κ1) is 34.5. The van der Waals surface area contributed by atoms with Gasteiger partial charge in [0.15, 0.2) is 5.65 Å². The zero-order valence-corrected chi connectivity index (χ0v) is 29.0. The lowest BCUT2D eigenvalue weighted by Crippen LogP contribution is -3.00. The lowest BCUT2D eigenvalue weighted by molar-refractivity contribution is -0.0000189. The molecule has 2 atom stereocenters. The van der Waals surface area contributed by atoms with E-state index in [1.54, 1.807) is 4.68 Å². The molecule has 47 heavy (non-hydrogen) atoms. The lowest BCUT2D eigenvalue weighted by atomic mass is 9.85. The molecule has 1 saturated heterocycles. The molecule has 0 saturated carbocycles. The van der Waals surface area contributed by atoms with E-state index in [0.29, 0.717) is 5.82 Å². The number of halogens is 1. The van der Waals surface area contributed by atoms with Crippen LogP contribution < -0.4 is 32.7 Å². The molecule has 1 aliphatic carbocycles. The number of urea groups is 1. The number of likely N-dealkylation sites (N-methyl/N-ethyl adjacent to an activating group) is 1. The number of carbonyl (C=O) groups excluding carboxylic acids is 1. The van der Waals surface area contributed by atoms with Gasteiger partial charge in [-0.05, 0) is 63.0 Å². The minimum Gasteiger partial charge on any atom is -1.00 e. The fourth-order valence-electron chi connectivity index (χ4n) is 6.22. The van der Waals surface area contributed by atoms with E-state index in [1.807, 2.05) is 48.0 Å². The van der Waals surface area contributed by atoms with E-state index < -0.39 is 0 Å². The molecule has 0 bridgehead atoms. The number of amides is 2. The number of carbonyl (C=O) groups is 1. The second kappa shape index (κ2) is 14.5. The lowest BCUT2D eigenvalue weighted by Gasteiger charge is -2.33. The highest BCUT2D eigenvalue weighted by Crippen LogP contribution is 2.39. The summed E-state index contributed by atoms with van der Waals surface area (Å²) < 4.78 is 16.4. The van der Waals surface area contributed by atoms with E-state index in [2.05, 4.69) is 82.7 Å². The van der Waals surface area contributed by atoms with Crippen molar-refractivity contribution >= 4 is 23.4 Å². The highest BCUT2D eigenvalue weighted by molar-refractivity contribution is 5.88. The third-order valence-electron chi connectivity index (χ3n) is 8.88. The summed E-state index contributed by atoms with van der Waals surface area (Å²) in [6.45, 7) is 9.74. The number of fused-ring (bicyclic) bond motifs is 2. The summed E-state index contributed by atoms with van der Waals surface area (Å²) in [4.78, 5) is 17.5. The molecule has 254 valence electrons. The van der Waals surface area contributed by atoms with Crippen LogP contribution in [0.2, 0.25) is 0 Å². The van der Waals surface area contributed by atoms with E-state index in [0.717, 1.165) is 86.1 Å². The van der Waals surface area contributed by atoms with Gasteiger partial charge in [0.1, 0.15) is 17.7 Å². The van der Waals surface area contributed by atoms with Gasteiger partial charge in [0.05, 0.1) is 30.6 Å². The summed E-state index contributed by atoms with van der Waals surface area (Å²) in [6, 6.07) is 13.7. The SMILES string of the molecule is CN(C)CCOC1CCN(c2nnc3ccc(O[C@@H]4CC[C@H](NC(=O)Nc5cc(C(C)(C)C)nn5C)c5ccccc54)cn23)CC1.[Cl-].[H+]. The number of rotatable bonds is 9. The van der Waals surface area contributed by atoms with E-state index in [4.69, 9.17) is 9.47 Å². The normalized spacial score (nSPS) is 18.6. The third kappa shape index (κ3) is 7.99. The van der Waals surface area contributed by atoms with E-state index >= 15 is 0 Å². The number of pyridine rings is 1. The Bertz CT molecular complexity index is 1660. The van der Waals surface area contributed by atoms with Crippen molar-refractivity contribution in [2.45, 2.75) is 70.1 Å². The van der Waals surface area contributed by atoms with Gasteiger partial charge in [0.2, 0.25) is 5.95 Å². The van der Waals surface area contributed by atoms with Crippen LogP contribution in [0.4, 0.5) is 16.6 Å². The summed E-state index contributed by atoms with van der Waals surface area (Å²) in [5.74, 6) is 2.24. The van der Waals surface area contributed by atoms with Gasteiger partial charge in [-0.25, -0.2) is 4.79 Å². The number of hydrogen-bond acceptors (Lipinski definition) is 8. The van der Waals surface area contributed by atoms with E-state index in [1.165, 1.54) is 0 Å². The zero-order chi connectivity index (χ0) is 32.4. The number of aryl methyl sites for hydroxylation is 1. The van der Waals surface area contributed by atoms with Gasteiger partial charge in [-0.3, -0.25) is 14.4 Å². The van der Waals surface area contributed by atoms with Crippen LogP contribution in [0.3, 0.4) is 0 Å². The molecule has 2 aliphatic rings. The highest BCUT2D eigenvalue weighted by atomic mass is 35.5. The second-order valence-corrected chi connectivity index (χ2v) is 13.7. The number of nitrogens with zero attached hydrogens (tertiary/aromatic N) is 7. The Labute approximate surface area is 284 Å². The van der Waals surface area contributed by atoms with Crippen molar-refractivity contribution in [2.24, 2.45) is 7.05 Å². The highest BCUT2D eigenvalue weighted by Gasteiger charge is 2.30. The van der Waals surface area contributed by atoms with Gasteiger partial charge in [-0.1, -0.05) is 45.0 Å². The summed E-state index contributed by atoms with van der Waals surface area (Å²) in [5.41, 5.74) is 3.75. The van der Waals surface area contributed by atoms with Crippen molar-refractivity contribution in [1.82, 2.24) is 34.6 Å². The van der Waals surface area contributed by atoms with Gasteiger partial charge in [0.25, 0.3) is 0 Å². The monoisotopic (exact) mass is 665 g/mol. The fraction of sp³-hybridized carbons (Fsp3) is 0.529. The minimum atomic E-state index is -0.252. The molecule has 13 heteroatoms. The molecule has 3 aromatic heterocycles. The Kier molecular flexibility index (Phi) is 10.6. The van der Waals surface area contributed by atoms with Crippen LogP contribution in [0.25, 0.3) is 5.65 Å². The van der Waals surface area contributed by atoms with Crippen LogP contribution in [0, 0.1) is 0 Å². The average Bonchev–Trinajstić information content (AvgIpc) is 3.61. The van der Waals surface area contributed by atoms with Gasteiger partial charge in [-0.15, -0.1) is 10.2 Å². The molecule has 4 aromatic rings. The van der Waals surface area contributed by atoms with Gasteiger partial charge in [-0.2, -0.15) is 5.10 Å². The molecule has 0 radical (unpaired) electrons. The minimum absolute atomic E-state index is 0. The quantitative estimate of drug-likeness (QED) is 0.280. The Morgan fingerprint density at radius 3 is 2.49 bits per heavy atom. The van der Waals surface area contributed by atoms with Gasteiger partial charge >= 0.3 is 7.46 Å². The molecule has 2 amide bonds. The molecule has 2 N–H and O–H groups in total. The molecule has 6 rings (SSSR count). The first-order chi connectivity index (χ1) is 22.0. The number of piperidine rings is 1. The number of aromatic nitrogens is 5. The predicted molar refractivity (Wildman–Crippen MR) is 180 cm³/mol. The summed E-state index contributed by atoms with van der Waals surface area (Å²) >= 11 is 0. The Balaban J connectivity index is 0.00000260. The maximum absolute atomic E-state index is 13.1. The summed E-state index contributed by atoms with van der Waals surface area (Å²) in [5, 5.41) is 19.7. The topological polar surface area (TPSA) is 114 Å². The fourth-order valence-corrected chi connectivity index (χ4v) is 6.22. The summed E-state index contributed by atoms with van der Waals surface area (Å²) in [6.07, 6.45) is 5.56. The average molecular weight is 666 g/mol. The molecule has 0 unspecified atom stereocenters. The Morgan fingerprint density at radius 2 is 1.79 bits per heavy atom. The number of nitrogens with one attached hydrogen (secondary N) is 2. The molecule has 0 spiro atoms. The third-order valence-corrected chi connectivity index (χ3v) is 8.88. The van der Waals surface area contributed by atoms with Crippen molar-refractivity contribution in [3.05, 3.63) is 65.5 Å². The van der Waals surface area contributed by atoms with Crippen molar-refractivity contribution in [1.29, 1.82) is 0 Å². The first-order valence-electron chi connectivity index (χ1n) is 16.3. The molecular weight excluding hydrogens is 618 g/mol. The Hall–Kier alpha value is -3.87. The second-order valence-electron chi connectivity index (χ2n) is 13.7. The first-order valence-corrected chi connectivity index (χ1v) is 16.3. The molecule has 1 fully saturated rings. The van der Waals surface area contributed by atoms with Crippen LogP contribution >= 0.6 is 0 Å². The maximum Gasteiger partial charge on any atom is 1.00 e. The number of benzene rings is 1. The zero-order valence-electron chi connectivity index (χ0n) is 29.2. The van der Waals surface area contributed by atoms with Crippen molar-refractivity contribution in [3.63, 3.8) is 0 Å². The van der Waals surface area contributed by atoms with E-state index in [9.17, 15) is 4.79 Å². The standard InChI is InChI=1S/C34H47N9O3.ClH/c1-34(2,3)29-21-31(41(6)39-29)36-32(44)35-27-12-13-28(26-10-8-7-9-25(26)27)46-24-11-14-30-37-38-33(43(30)22-24)42-17-15-23(16-18-42)45-20-19-40(4)5;/h7-11,14,21-23,27-28H,12-13,15-20H2,1-6H3,(H2,35,36,44);1H/t27-,28+;/m0./s1. The molecule has 1 aliphatic heterocycles. The molecule has 4 heterocycles. The smallest absolute Gasteiger partial charge is 1.00 e. The van der Waals surface area contributed by atoms with Crippen LogP contribution in [0.5, 0.6) is 5.75 Å². The van der Waals surface area contributed by atoms with Crippen molar-refractivity contribution in [3.8, 4) is 5.75 Å². The molecule has 1 aromatic carbocycles. The van der Waals surface area contributed by atoms with Gasteiger partial charge in [0, 0.05) is 38.2 Å². The van der Waals surface area contributed by atoms with Crippen molar-refractivity contribution in [2.75, 3.05) is 50.6 Å². The van der Waals surface area contributed by atoms with Crippen LogP contribution in [-0.2, 0) is 17.2 Å². The molecular formula is C34H48ClN9O3. The number of hydrogen-bond donors (Lipinski definition) is 2. The van der Waals surface area contributed by atoms with Crippen LogP contribution in [0.15, 0.2) is 48.7 Å². The predicted octanol–water partition coefficient (Wildman–Crippen LogP) is 2.20. The summed E-state index contributed by atoms with van der Waals surface area (Å²) in [7, 11) is 5.97. The van der Waals surface area contributed by atoms with E-state index in [-0.39, 0.29) is 43.5 Å². The van der Waals surface area contributed by atoms with Crippen LogP contribution in [-0.4, -0.2) is 81.8 Å². The van der Waals surface area contributed by atoms with Crippen LogP contribution in [0.1, 0.15) is 76.8 Å². The van der Waals surface area contributed by atoms with Crippen molar-refractivity contribution < 1.29 is 28.1 Å². The largest absolute Gasteiger partial charge is 1.00 e. The number of ether oxygens (including phenoxy) is 2.